The van der Waals surface area contributed by atoms with Crippen molar-refractivity contribution in [3.63, 3.8) is 0 Å². The number of esters is 1. The third kappa shape index (κ3) is 6.57. The highest BCUT2D eigenvalue weighted by atomic mass is 32.1. The fraction of sp³-hybridized carbons (Fsp3) is 0.714. The van der Waals surface area contributed by atoms with Crippen LogP contribution in [0.4, 0.5) is 5.13 Å². The van der Waals surface area contributed by atoms with Crippen molar-refractivity contribution in [1.29, 1.82) is 0 Å². The van der Waals surface area contributed by atoms with Crippen LogP contribution in [0.3, 0.4) is 0 Å². The maximum Gasteiger partial charge on any atom is 0.311 e. The highest BCUT2D eigenvalue weighted by Gasteiger charge is 2.09. The molecule has 1 atom stereocenters. The summed E-state index contributed by atoms with van der Waals surface area (Å²) >= 11 is 1.54. The number of anilines is 1. The Morgan fingerprint density at radius 2 is 2.26 bits per heavy atom. The fourth-order valence-electron chi connectivity index (χ4n) is 1.83. The standard InChI is InChI=1S/C14H24N2O2S/c1-4-5-6-7-8-11(2)15-14-16-12(10-19-14)9-13(17)18-3/h10-11H,4-9H2,1-3H3,(H,15,16). The first-order valence-electron chi connectivity index (χ1n) is 6.93. The van der Waals surface area contributed by atoms with E-state index in [9.17, 15) is 4.79 Å². The lowest BCUT2D eigenvalue weighted by atomic mass is 10.1. The van der Waals surface area contributed by atoms with Crippen LogP contribution in [-0.4, -0.2) is 24.1 Å². The molecule has 0 aliphatic rings. The van der Waals surface area contributed by atoms with Crippen LogP contribution in [0.2, 0.25) is 0 Å². The van der Waals surface area contributed by atoms with Gasteiger partial charge in [0, 0.05) is 11.4 Å². The molecule has 0 aromatic carbocycles. The second kappa shape index (κ2) is 8.91. The molecule has 1 rings (SSSR count). The Labute approximate surface area is 119 Å². The van der Waals surface area contributed by atoms with E-state index in [0.29, 0.717) is 6.04 Å². The number of carbonyl (C=O) groups is 1. The number of ether oxygens (including phenoxy) is 1. The average Bonchev–Trinajstić information content (AvgIpc) is 2.81. The van der Waals surface area contributed by atoms with Crippen molar-refractivity contribution in [1.82, 2.24) is 4.98 Å². The van der Waals surface area contributed by atoms with Crippen molar-refractivity contribution in [2.75, 3.05) is 12.4 Å². The summed E-state index contributed by atoms with van der Waals surface area (Å²) in [4.78, 5) is 15.5. The minimum atomic E-state index is -0.246. The van der Waals surface area contributed by atoms with Crippen LogP contribution in [0, 0.1) is 0 Å². The van der Waals surface area contributed by atoms with Gasteiger partial charge in [0.05, 0.1) is 19.2 Å². The molecule has 19 heavy (non-hydrogen) atoms. The van der Waals surface area contributed by atoms with Crippen LogP contribution >= 0.6 is 11.3 Å². The predicted molar refractivity (Wildman–Crippen MR) is 79.7 cm³/mol. The Bertz CT molecular complexity index is 379. The van der Waals surface area contributed by atoms with Gasteiger partial charge in [-0.15, -0.1) is 11.3 Å². The maximum atomic E-state index is 11.1. The summed E-state index contributed by atoms with van der Waals surface area (Å²) in [5.74, 6) is -0.246. The Balaban J connectivity index is 2.30. The number of nitrogens with zero attached hydrogens (tertiary/aromatic N) is 1. The largest absolute Gasteiger partial charge is 0.469 e. The van der Waals surface area contributed by atoms with E-state index in [4.69, 9.17) is 0 Å². The van der Waals surface area contributed by atoms with Crippen molar-refractivity contribution in [3.05, 3.63) is 11.1 Å². The molecular formula is C14H24N2O2S. The van der Waals surface area contributed by atoms with E-state index in [-0.39, 0.29) is 12.4 Å². The second-order valence-corrected chi connectivity index (χ2v) is 5.65. The quantitative estimate of drug-likeness (QED) is 0.556. The van der Waals surface area contributed by atoms with E-state index < -0.39 is 0 Å². The first-order chi connectivity index (χ1) is 9.15. The number of hydrogen-bond donors (Lipinski definition) is 1. The summed E-state index contributed by atoms with van der Waals surface area (Å²) in [5.41, 5.74) is 0.775. The van der Waals surface area contributed by atoms with Crippen molar-refractivity contribution in [2.24, 2.45) is 0 Å². The van der Waals surface area contributed by atoms with Gasteiger partial charge in [-0.2, -0.15) is 0 Å². The van der Waals surface area contributed by atoms with E-state index in [0.717, 1.165) is 17.2 Å². The van der Waals surface area contributed by atoms with E-state index in [2.05, 4.69) is 28.9 Å². The molecule has 1 aromatic heterocycles. The lowest BCUT2D eigenvalue weighted by Gasteiger charge is -2.12. The minimum absolute atomic E-state index is 0.246. The molecule has 1 aromatic rings. The summed E-state index contributed by atoms with van der Waals surface area (Å²) in [6.07, 6.45) is 6.54. The number of aromatic nitrogens is 1. The van der Waals surface area contributed by atoms with Gasteiger partial charge in [0.2, 0.25) is 0 Å². The average molecular weight is 284 g/mol. The number of rotatable bonds is 9. The SMILES string of the molecule is CCCCCCC(C)Nc1nc(CC(=O)OC)cs1. The molecule has 5 heteroatoms. The maximum absolute atomic E-state index is 11.1. The molecule has 4 nitrogen and oxygen atoms in total. The molecule has 0 bridgehead atoms. The van der Waals surface area contributed by atoms with Gasteiger partial charge in [-0.3, -0.25) is 4.79 Å². The van der Waals surface area contributed by atoms with Crippen LogP contribution < -0.4 is 5.32 Å². The molecule has 0 fully saturated rings. The molecule has 0 spiro atoms. The molecule has 1 unspecified atom stereocenters. The normalized spacial score (nSPS) is 12.2. The van der Waals surface area contributed by atoms with Crippen molar-refractivity contribution >= 4 is 22.4 Å². The Kier molecular flexibility index (Phi) is 7.48. The number of thiazole rings is 1. The zero-order valence-electron chi connectivity index (χ0n) is 12.1. The fourth-order valence-corrected chi connectivity index (χ4v) is 2.66. The topological polar surface area (TPSA) is 51.2 Å². The summed E-state index contributed by atoms with van der Waals surface area (Å²) < 4.78 is 4.63. The van der Waals surface area contributed by atoms with Crippen molar-refractivity contribution in [3.8, 4) is 0 Å². The highest BCUT2D eigenvalue weighted by Crippen LogP contribution is 2.18. The van der Waals surface area contributed by atoms with Gasteiger partial charge in [0.1, 0.15) is 0 Å². The lowest BCUT2D eigenvalue weighted by Crippen LogP contribution is -2.14. The van der Waals surface area contributed by atoms with Gasteiger partial charge in [-0.1, -0.05) is 32.6 Å². The van der Waals surface area contributed by atoms with Crippen LogP contribution in [0.1, 0.15) is 51.6 Å². The summed E-state index contributed by atoms with van der Waals surface area (Å²) in [7, 11) is 1.40. The first kappa shape index (κ1) is 16.0. The van der Waals surface area contributed by atoms with E-state index in [1.54, 1.807) is 11.3 Å². The zero-order chi connectivity index (χ0) is 14.1. The van der Waals surface area contributed by atoms with Gasteiger partial charge in [0.25, 0.3) is 0 Å². The smallest absolute Gasteiger partial charge is 0.311 e. The van der Waals surface area contributed by atoms with Gasteiger partial charge < -0.3 is 10.1 Å². The third-order valence-electron chi connectivity index (χ3n) is 2.97. The molecule has 0 aliphatic heterocycles. The number of nitrogens with one attached hydrogen (secondary N) is 1. The third-order valence-corrected chi connectivity index (χ3v) is 3.79. The molecule has 0 saturated heterocycles. The molecule has 0 amide bonds. The zero-order valence-corrected chi connectivity index (χ0v) is 12.9. The number of hydrogen-bond acceptors (Lipinski definition) is 5. The molecule has 0 radical (unpaired) electrons. The first-order valence-corrected chi connectivity index (χ1v) is 7.81. The molecule has 0 saturated carbocycles. The monoisotopic (exact) mass is 284 g/mol. The molecule has 0 aliphatic carbocycles. The molecule has 1 N–H and O–H groups in total. The van der Waals surface area contributed by atoms with Crippen LogP contribution in [0.15, 0.2) is 5.38 Å². The molecular weight excluding hydrogens is 260 g/mol. The van der Waals surface area contributed by atoms with Crippen molar-refractivity contribution < 1.29 is 9.53 Å². The Morgan fingerprint density at radius 3 is 2.95 bits per heavy atom. The van der Waals surface area contributed by atoms with Gasteiger partial charge in [-0.25, -0.2) is 4.98 Å². The predicted octanol–water partition coefficient (Wildman–Crippen LogP) is 3.63. The Hall–Kier alpha value is -1.10. The van der Waals surface area contributed by atoms with E-state index >= 15 is 0 Å². The summed E-state index contributed by atoms with van der Waals surface area (Å²) in [5, 5.41) is 6.18. The minimum Gasteiger partial charge on any atom is -0.469 e. The Morgan fingerprint density at radius 1 is 1.47 bits per heavy atom. The lowest BCUT2D eigenvalue weighted by molar-refractivity contribution is -0.139. The van der Waals surface area contributed by atoms with Gasteiger partial charge in [0.15, 0.2) is 5.13 Å². The van der Waals surface area contributed by atoms with Crippen LogP contribution in [0.5, 0.6) is 0 Å². The summed E-state index contributed by atoms with van der Waals surface area (Å²) in [6.45, 7) is 4.40. The van der Waals surface area contributed by atoms with Gasteiger partial charge >= 0.3 is 5.97 Å². The second-order valence-electron chi connectivity index (χ2n) is 4.79. The van der Waals surface area contributed by atoms with Gasteiger partial charge in [-0.05, 0) is 13.3 Å². The van der Waals surface area contributed by atoms with E-state index in [1.807, 2.05) is 5.38 Å². The van der Waals surface area contributed by atoms with E-state index in [1.165, 1.54) is 32.8 Å². The molecule has 108 valence electrons. The highest BCUT2D eigenvalue weighted by molar-refractivity contribution is 7.13. The number of methoxy groups -OCH3 is 1. The summed E-state index contributed by atoms with van der Waals surface area (Å²) in [6, 6.07) is 0.425. The molecule has 1 heterocycles. The van der Waals surface area contributed by atoms with Crippen LogP contribution in [-0.2, 0) is 16.0 Å². The number of carbonyl (C=O) groups excluding carboxylic acids is 1. The van der Waals surface area contributed by atoms with Crippen molar-refractivity contribution in [2.45, 2.75) is 58.4 Å². The number of unbranched alkanes of at least 4 members (excludes halogenated alkanes) is 3. The van der Waals surface area contributed by atoms with Crippen LogP contribution in [0.25, 0.3) is 0 Å².